The van der Waals surface area contributed by atoms with Crippen LogP contribution in [-0.2, 0) is 0 Å². The Morgan fingerprint density at radius 1 is 1.25 bits per heavy atom. The zero-order chi connectivity index (χ0) is 12.0. The van der Waals surface area contributed by atoms with E-state index in [0.29, 0.717) is 16.7 Å². The minimum Gasteiger partial charge on any atom is -0.102 e. The molecule has 16 heavy (non-hydrogen) atoms. The van der Waals surface area contributed by atoms with Crippen LogP contribution in [0.25, 0.3) is 0 Å². The first kappa shape index (κ1) is 12.0. The molecule has 3 atom stereocenters. The summed E-state index contributed by atoms with van der Waals surface area (Å²) in [5.74, 6) is 1.40. The molecule has 0 saturated heterocycles. The molecule has 0 nitrogen and oxygen atoms in total. The molecule has 0 N–H and O–H groups in total. The van der Waals surface area contributed by atoms with E-state index in [1.54, 1.807) is 0 Å². The summed E-state index contributed by atoms with van der Waals surface area (Å²) in [4.78, 5) is 0. The van der Waals surface area contributed by atoms with Gasteiger partial charge in [0.1, 0.15) is 0 Å². The van der Waals surface area contributed by atoms with Crippen LogP contribution in [0.5, 0.6) is 0 Å². The Morgan fingerprint density at radius 2 is 1.94 bits per heavy atom. The third kappa shape index (κ3) is 1.58. The van der Waals surface area contributed by atoms with Gasteiger partial charge in [-0.05, 0) is 42.4 Å². The molecule has 2 aliphatic carbocycles. The molecular formula is C16H26. The normalized spacial score (nSPS) is 42.6. The van der Waals surface area contributed by atoms with Crippen LogP contribution in [0, 0.1) is 22.7 Å². The zero-order valence-electron chi connectivity index (χ0n) is 11.2. The lowest BCUT2D eigenvalue weighted by molar-refractivity contribution is -0.0390. The lowest BCUT2D eigenvalue weighted by atomic mass is 9.48. The van der Waals surface area contributed by atoms with Crippen LogP contribution < -0.4 is 0 Å². The van der Waals surface area contributed by atoms with Crippen LogP contribution in [0.3, 0.4) is 0 Å². The molecule has 2 saturated carbocycles. The second-order valence-electron chi connectivity index (χ2n) is 6.81. The monoisotopic (exact) mass is 218 g/mol. The molecule has 0 amide bonds. The van der Waals surface area contributed by atoms with Gasteiger partial charge in [-0.25, -0.2) is 0 Å². The standard InChI is InChI=1S/C16H26/c1-6-13-12(2)8-9-14-15(3,4)10-7-11-16(13,14)5/h6,13-14H,1-2,7-11H2,3-5H3/t13-,14-,16+/m0/s1. The summed E-state index contributed by atoms with van der Waals surface area (Å²) < 4.78 is 0. The molecule has 0 aromatic heterocycles. The predicted molar refractivity (Wildman–Crippen MR) is 71.3 cm³/mol. The summed E-state index contributed by atoms with van der Waals surface area (Å²) in [6, 6.07) is 0. The fourth-order valence-corrected chi connectivity index (χ4v) is 4.65. The molecule has 0 radical (unpaired) electrons. The van der Waals surface area contributed by atoms with Gasteiger partial charge < -0.3 is 0 Å². The first-order valence-corrected chi connectivity index (χ1v) is 6.72. The quantitative estimate of drug-likeness (QED) is 0.545. The number of hydrogen-bond acceptors (Lipinski definition) is 0. The minimum absolute atomic E-state index is 0.429. The molecule has 0 unspecified atom stereocenters. The number of allylic oxidation sites excluding steroid dienone is 2. The summed E-state index contributed by atoms with van der Waals surface area (Å²) >= 11 is 0. The van der Waals surface area contributed by atoms with Crippen molar-refractivity contribution in [2.75, 3.05) is 0 Å². The average Bonchev–Trinajstić information content (AvgIpc) is 2.15. The minimum atomic E-state index is 0.429. The van der Waals surface area contributed by atoms with E-state index in [-0.39, 0.29) is 0 Å². The lowest BCUT2D eigenvalue weighted by Crippen LogP contribution is -2.48. The van der Waals surface area contributed by atoms with Crippen molar-refractivity contribution in [2.24, 2.45) is 22.7 Å². The van der Waals surface area contributed by atoms with Gasteiger partial charge in [0, 0.05) is 5.92 Å². The summed E-state index contributed by atoms with van der Waals surface area (Å²) in [6.45, 7) is 15.7. The van der Waals surface area contributed by atoms with E-state index in [1.807, 2.05) is 0 Å². The third-order valence-corrected chi connectivity index (χ3v) is 5.42. The number of hydrogen-bond donors (Lipinski definition) is 0. The highest BCUT2D eigenvalue weighted by molar-refractivity contribution is 5.20. The highest BCUT2D eigenvalue weighted by atomic mass is 14.6. The van der Waals surface area contributed by atoms with Gasteiger partial charge in [0.25, 0.3) is 0 Å². The number of fused-ring (bicyclic) bond motifs is 1. The Balaban J connectivity index is 2.38. The number of rotatable bonds is 1. The molecule has 2 fully saturated rings. The van der Waals surface area contributed by atoms with Crippen molar-refractivity contribution in [3.05, 3.63) is 24.8 Å². The molecule has 0 aliphatic heterocycles. The van der Waals surface area contributed by atoms with E-state index in [0.717, 1.165) is 5.92 Å². The second kappa shape index (κ2) is 3.75. The molecule has 0 bridgehead atoms. The SMILES string of the molecule is C=C[C@H]1C(=C)CC[C@H]2C(C)(C)CCC[C@]12C. The molecule has 0 heteroatoms. The lowest BCUT2D eigenvalue weighted by Gasteiger charge is -2.57. The Bertz CT molecular complexity index is 310. The summed E-state index contributed by atoms with van der Waals surface area (Å²) in [6.07, 6.45) is 8.83. The summed E-state index contributed by atoms with van der Waals surface area (Å²) in [5.41, 5.74) is 2.36. The Morgan fingerprint density at radius 3 is 2.56 bits per heavy atom. The molecular weight excluding hydrogens is 192 g/mol. The fraction of sp³-hybridized carbons (Fsp3) is 0.750. The molecule has 0 spiro atoms. The van der Waals surface area contributed by atoms with E-state index in [9.17, 15) is 0 Å². The first-order valence-electron chi connectivity index (χ1n) is 6.72. The molecule has 0 aromatic carbocycles. The van der Waals surface area contributed by atoms with Crippen LogP contribution in [0.1, 0.15) is 52.9 Å². The molecule has 90 valence electrons. The highest BCUT2D eigenvalue weighted by Crippen LogP contribution is 2.60. The molecule has 2 rings (SSSR count). The van der Waals surface area contributed by atoms with Gasteiger partial charge in [0.15, 0.2) is 0 Å². The van der Waals surface area contributed by atoms with Crippen LogP contribution in [0.4, 0.5) is 0 Å². The predicted octanol–water partition coefficient (Wildman–Crippen LogP) is 4.97. The van der Waals surface area contributed by atoms with E-state index in [1.165, 1.54) is 37.7 Å². The van der Waals surface area contributed by atoms with Gasteiger partial charge in [0.05, 0.1) is 0 Å². The van der Waals surface area contributed by atoms with Crippen LogP contribution in [0.2, 0.25) is 0 Å². The molecule has 0 heterocycles. The van der Waals surface area contributed by atoms with E-state index in [2.05, 4.69) is 40.0 Å². The zero-order valence-corrected chi connectivity index (χ0v) is 11.2. The van der Waals surface area contributed by atoms with Gasteiger partial charge in [0.2, 0.25) is 0 Å². The van der Waals surface area contributed by atoms with Crippen molar-refractivity contribution in [3.63, 3.8) is 0 Å². The van der Waals surface area contributed by atoms with Crippen molar-refractivity contribution in [1.29, 1.82) is 0 Å². The maximum absolute atomic E-state index is 4.28. The average molecular weight is 218 g/mol. The third-order valence-electron chi connectivity index (χ3n) is 5.42. The van der Waals surface area contributed by atoms with Crippen molar-refractivity contribution in [1.82, 2.24) is 0 Å². The molecule has 0 aromatic rings. The van der Waals surface area contributed by atoms with Gasteiger partial charge in [-0.1, -0.05) is 45.4 Å². The largest absolute Gasteiger partial charge is 0.102 e. The van der Waals surface area contributed by atoms with Crippen LogP contribution in [0.15, 0.2) is 24.8 Å². The topological polar surface area (TPSA) is 0 Å². The highest BCUT2D eigenvalue weighted by Gasteiger charge is 2.51. The molecule has 2 aliphatic rings. The summed E-state index contributed by atoms with van der Waals surface area (Å²) in [5, 5.41) is 0. The van der Waals surface area contributed by atoms with Crippen molar-refractivity contribution in [2.45, 2.75) is 52.9 Å². The van der Waals surface area contributed by atoms with Crippen LogP contribution >= 0.6 is 0 Å². The fourth-order valence-electron chi connectivity index (χ4n) is 4.65. The van der Waals surface area contributed by atoms with E-state index in [4.69, 9.17) is 0 Å². The van der Waals surface area contributed by atoms with Crippen LogP contribution in [-0.4, -0.2) is 0 Å². The smallest absolute Gasteiger partial charge is 0.00281 e. The van der Waals surface area contributed by atoms with Crippen molar-refractivity contribution >= 4 is 0 Å². The van der Waals surface area contributed by atoms with E-state index >= 15 is 0 Å². The Kier molecular flexibility index (Phi) is 2.80. The Hall–Kier alpha value is -0.520. The summed E-state index contributed by atoms with van der Waals surface area (Å²) in [7, 11) is 0. The maximum Gasteiger partial charge on any atom is 0.00281 e. The Labute approximate surface area is 101 Å². The van der Waals surface area contributed by atoms with E-state index < -0.39 is 0 Å². The first-order chi connectivity index (χ1) is 7.42. The van der Waals surface area contributed by atoms with Gasteiger partial charge in [-0.2, -0.15) is 0 Å². The second-order valence-corrected chi connectivity index (χ2v) is 6.81. The maximum atomic E-state index is 4.28. The van der Waals surface area contributed by atoms with Crippen molar-refractivity contribution in [3.8, 4) is 0 Å². The van der Waals surface area contributed by atoms with Gasteiger partial charge in [-0.3, -0.25) is 0 Å². The van der Waals surface area contributed by atoms with Crippen molar-refractivity contribution < 1.29 is 0 Å². The van der Waals surface area contributed by atoms with Gasteiger partial charge in [-0.15, -0.1) is 6.58 Å². The van der Waals surface area contributed by atoms with Gasteiger partial charge >= 0.3 is 0 Å².